The molecule has 0 unspecified atom stereocenters. The fraction of sp³-hybridized carbons (Fsp3) is 0.462. The summed E-state index contributed by atoms with van der Waals surface area (Å²) in [6, 6.07) is 10.8. The van der Waals surface area contributed by atoms with Crippen molar-refractivity contribution in [3.63, 3.8) is 0 Å². The Kier molecular flexibility index (Phi) is 3.32. The molecular weight excluding hydrogens is 226 g/mol. The second kappa shape index (κ2) is 5.27. The fourth-order valence-corrected chi connectivity index (χ4v) is 1.97. The largest absolute Gasteiger partial charge is 0.314 e. The minimum Gasteiger partial charge on any atom is -0.314 e. The highest BCUT2D eigenvalue weighted by Gasteiger charge is 2.19. The molecule has 3 rings (SSSR count). The summed E-state index contributed by atoms with van der Waals surface area (Å²) in [6.45, 7) is 1.05. The van der Waals surface area contributed by atoms with Gasteiger partial charge in [0.1, 0.15) is 0 Å². The van der Waals surface area contributed by atoms with E-state index in [0.717, 1.165) is 36.9 Å². The van der Waals surface area contributed by atoms with Crippen LogP contribution in [0.15, 0.2) is 30.3 Å². The molecule has 0 amide bonds. The van der Waals surface area contributed by atoms with E-state index in [0.29, 0.717) is 0 Å². The Balaban J connectivity index is 1.60. The first kappa shape index (κ1) is 11.3. The normalized spacial score (nSPS) is 14.9. The first-order valence-electron chi connectivity index (χ1n) is 6.49. The Labute approximate surface area is 106 Å². The standard InChI is InChI=1S/C13H17N5/c1-2-5-12(6-3-1)18-13(15-16-17-18)7-4-10-14-11-8-9-11/h1-3,5-6,11,14H,4,7-10H2. The number of nitrogens with zero attached hydrogens (tertiary/aromatic N) is 4. The van der Waals surface area contributed by atoms with Crippen molar-refractivity contribution >= 4 is 0 Å². The average molecular weight is 243 g/mol. The first-order valence-corrected chi connectivity index (χ1v) is 6.49. The van der Waals surface area contributed by atoms with Crippen LogP contribution in [0.2, 0.25) is 0 Å². The van der Waals surface area contributed by atoms with E-state index in [1.54, 1.807) is 0 Å². The fourth-order valence-electron chi connectivity index (χ4n) is 1.97. The van der Waals surface area contributed by atoms with Crippen LogP contribution in [0.25, 0.3) is 5.69 Å². The van der Waals surface area contributed by atoms with E-state index >= 15 is 0 Å². The smallest absolute Gasteiger partial charge is 0.156 e. The zero-order valence-corrected chi connectivity index (χ0v) is 10.3. The van der Waals surface area contributed by atoms with E-state index in [2.05, 4.69) is 20.8 Å². The first-order chi connectivity index (χ1) is 8.93. The molecule has 0 bridgehead atoms. The van der Waals surface area contributed by atoms with E-state index in [-0.39, 0.29) is 0 Å². The van der Waals surface area contributed by atoms with Gasteiger partial charge in [-0.05, 0) is 48.4 Å². The number of benzene rings is 1. The zero-order chi connectivity index (χ0) is 12.2. The molecule has 1 aliphatic rings. The van der Waals surface area contributed by atoms with E-state index in [9.17, 15) is 0 Å². The predicted molar refractivity (Wildman–Crippen MR) is 68.5 cm³/mol. The number of hydrogen-bond donors (Lipinski definition) is 1. The third-order valence-electron chi connectivity index (χ3n) is 3.12. The molecule has 5 nitrogen and oxygen atoms in total. The lowest BCUT2D eigenvalue weighted by Gasteiger charge is -2.04. The maximum absolute atomic E-state index is 4.10. The molecule has 0 aliphatic heterocycles. The van der Waals surface area contributed by atoms with Gasteiger partial charge >= 0.3 is 0 Å². The Hall–Kier alpha value is -1.75. The Morgan fingerprint density at radius 3 is 2.83 bits per heavy atom. The minimum absolute atomic E-state index is 0.773. The van der Waals surface area contributed by atoms with Gasteiger partial charge in [0.15, 0.2) is 5.82 Å². The highest BCUT2D eigenvalue weighted by atomic mass is 15.5. The number of aryl methyl sites for hydroxylation is 1. The molecule has 2 aromatic rings. The molecule has 1 aliphatic carbocycles. The summed E-state index contributed by atoms with van der Waals surface area (Å²) >= 11 is 0. The number of aromatic nitrogens is 4. The molecule has 1 fully saturated rings. The lowest BCUT2D eigenvalue weighted by atomic mass is 10.2. The van der Waals surface area contributed by atoms with Crippen molar-refractivity contribution < 1.29 is 0 Å². The monoisotopic (exact) mass is 243 g/mol. The molecule has 1 saturated carbocycles. The van der Waals surface area contributed by atoms with Gasteiger partial charge in [-0.3, -0.25) is 0 Å². The maximum Gasteiger partial charge on any atom is 0.156 e. The molecule has 0 saturated heterocycles. The summed E-state index contributed by atoms with van der Waals surface area (Å²) in [6.07, 6.45) is 4.65. The summed E-state index contributed by atoms with van der Waals surface area (Å²) in [5.41, 5.74) is 1.02. The van der Waals surface area contributed by atoms with Gasteiger partial charge in [-0.2, -0.15) is 4.68 Å². The average Bonchev–Trinajstić information content (AvgIpc) is 3.12. The van der Waals surface area contributed by atoms with Crippen LogP contribution in [-0.4, -0.2) is 32.8 Å². The molecule has 1 aromatic heterocycles. The van der Waals surface area contributed by atoms with E-state index in [1.807, 2.05) is 35.0 Å². The van der Waals surface area contributed by atoms with Gasteiger partial charge in [0.25, 0.3) is 0 Å². The molecular formula is C13H17N5. The quantitative estimate of drug-likeness (QED) is 0.778. The number of nitrogens with one attached hydrogen (secondary N) is 1. The molecule has 1 aromatic carbocycles. The Morgan fingerprint density at radius 2 is 2.06 bits per heavy atom. The Bertz CT molecular complexity index is 489. The number of tetrazole rings is 1. The number of rotatable bonds is 6. The third-order valence-corrected chi connectivity index (χ3v) is 3.12. The van der Waals surface area contributed by atoms with Gasteiger partial charge in [0.05, 0.1) is 5.69 Å². The molecule has 0 radical (unpaired) electrons. The van der Waals surface area contributed by atoms with Crippen molar-refractivity contribution in [2.75, 3.05) is 6.54 Å². The molecule has 5 heteroatoms. The van der Waals surface area contributed by atoms with E-state index in [1.165, 1.54) is 12.8 Å². The topological polar surface area (TPSA) is 55.6 Å². The van der Waals surface area contributed by atoms with Gasteiger partial charge in [-0.15, -0.1) is 5.10 Å². The molecule has 0 spiro atoms. The van der Waals surface area contributed by atoms with Crippen molar-refractivity contribution in [3.05, 3.63) is 36.2 Å². The summed E-state index contributed by atoms with van der Waals surface area (Å²) in [5, 5.41) is 15.4. The van der Waals surface area contributed by atoms with Crippen LogP contribution in [0.3, 0.4) is 0 Å². The van der Waals surface area contributed by atoms with Crippen molar-refractivity contribution in [1.29, 1.82) is 0 Å². The van der Waals surface area contributed by atoms with Gasteiger partial charge in [0.2, 0.25) is 0 Å². The van der Waals surface area contributed by atoms with Crippen molar-refractivity contribution in [2.45, 2.75) is 31.7 Å². The second-order valence-electron chi connectivity index (χ2n) is 4.67. The van der Waals surface area contributed by atoms with E-state index < -0.39 is 0 Å². The molecule has 1 heterocycles. The predicted octanol–water partition coefficient (Wildman–Crippen LogP) is 1.35. The van der Waals surface area contributed by atoms with Crippen LogP contribution < -0.4 is 5.32 Å². The highest BCUT2D eigenvalue weighted by molar-refractivity contribution is 5.30. The SMILES string of the molecule is c1ccc(-n2nnnc2CCCNC2CC2)cc1. The minimum atomic E-state index is 0.773. The molecule has 94 valence electrons. The van der Waals surface area contributed by atoms with Crippen LogP contribution in [0, 0.1) is 0 Å². The highest BCUT2D eigenvalue weighted by Crippen LogP contribution is 2.18. The lowest BCUT2D eigenvalue weighted by Crippen LogP contribution is -2.18. The van der Waals surface area contributed by atoms with E-state index in [4.69, 9.17) is 0 Å². The van der Waals surface area contributed by atoms with Gasteiger partial charge in [-0.25, -0.2) is 0 Å². The molecule has 1 N–H and O–H groups in total. The molecule has 18 heavy (non-hydrogen) atoms. The van der Waals surface area contributed by atoms with Gasteiger partial charge in [-0.1, -0.05) is 18.2 Å². The summed E-state index contributed by atoms with van der Waals surface area (Å²) in [7, 11) is 0. The summed E-state index contributed by atoms with van der Waals surface area (Å²) < 4.78 is 1.82. The van der Waals surface area contributed by atoms with Crippen molar-refractivity contribution in [2.24, 2.45) is 0 Å². The zero-order valence-electron chi connectivity index (χ0n) is 10.3. The van der Waals surface area contributed by atoms with Crippen LogP contribution in [-0.2, 0) is 6.42 Å². The second-order valence-corrected chi connectivity index (χ2v) is 4.67. The maximum atomic E-state index is 4.10. The van der Waals surface area contributed by atoms with Crippen LogP contribution in [0.1, 0.15) is 25.1 Å². The van der Waals surface area contributed by atoms with Gasteiger partial charge in [0, 0.05) is 12.5 Å². The summed E-state index contributed by atoms with van der Waals surface area (Å²) in [5.74, 6) is 0.929. The number of hydrogen-bond acceptors (Lipinski definition) is 4. The summed E-state index contributed by atoms with van der Waals surface area (Å²) in [4.78, 5) is 0. The Morgan fingerprint density at radius 1 is 1.22 bits per heavy atom. The van der Waals surface area contributed by atoms with Crippen molar-refractivity contribution in [3.8, 4) is 5.69 Å². The van der Waals surface area contributed by atoms with Crippen LogP contribution in [0.5, 0.6) is 0 Å². The van der Waals surface area contributed by atoms with Crippen LogP contribution >= 0.6 is 0 Å². The van der Waals surface area contributed by atoms with Gasteiger partial charge < -0.3 is 5.32 Å². The number of para-hydroxylation sites is 1. The lowest BCUT2D eigenvalue weighted by molar-refractivity contribution is 0.627. The van der Waals surface area contributed by atoms with Crippen LogP contribution in [0.4, 0.5) is 0 Å². The third kappa shape index (κ3) is 2.73. The van der Waals surface area contributed by atoms with Crippen molar-refractivity contribution in [1.82, 2.24) is 25.5 Å². The molecule has 0 atom stereocenters.